The second-order valence-electron chi connectivity index (χ2n) is 4.92. The minimum absolute atomic E-state index is 0.107. The Labute approximate surface area is 119 Å². The van der Waals surface area contributed by atoms with Crippen LogP contribution in [0.4, 0.5) is 10.7 Å². The molecule has 0 aliphatic carbocycles. The Morgan fingerprint density at radius 1 is 1.53 bits per heavy atom. The van der Waals surface area contributed by atoms with E-state index in [4.69, 9.17) is 10.5 Å². The van der Waals surface area contributed by atoms with Crippen LogP contribution in [-0.2, 0) is 4.74 Å². The van der Waals surface area contributed by atoms with Crippen LogP contribution in [0, 0.1) is 5.92 Å². The molecule has 0 unspecified atom stereocenters. The number of nitrogens with two attached hydrogens (primary N) is 1. The third-order valence-electron chi connectivity index (χ3n) is 2.55. The van der Waals surface area contributed by atoms with Crippen LogP contribution >= 0.6 is 11.3 Å². The highest BCUT2D eigenvalue weighted by Crippen LogP contribution is 2.30. The summed E-state index contributed by atoms with van der Waals surface area (Å²) in [5, 5.41) is 4.24. The van der Waals surface area contributed by atoms with Gasteiger partial charge in [-0.25, -0.2) is 0 Å². The largest absolute Gasteiger partial charge is 0.397 e. The number of carbonyl (C=O) groups is 1. The Hall–Kier alpha value is -1.07. The van der Waals surface area contributed by atoms with Gasteiger partial charge in [0.05, 0.1) is 15.6 Å². The zero-order valence-electron chi connectivity index (χ0n) is 12.0. The van der Waals surface area contributed by atoms with Crippen LogP contribution in [0.15, 0.2) is 6.07 Å². The van der Waals surface area contributed by atoms with Crippen molar-refractivity contribution in [3.8, 4) is 0 Å². The molecular formula is C14H24N2O2S. The SMILES string of the molecule is CCC(=O)c1sc(NCCCOCC(C)C)cc1N. The van der Waals surface area contributed by atoms with Crippen molar-refractivity contribution in [3.63, 3.8) is 0 Å². The fourth-order valence-corrected chi connectivity index (χ4v) is 2.59. The fourth-order valence-electron chi connectivity index (χ4n) is 1.58. The predicted molar refractivity (Wildman–Crippen MR) is 82.1 cm³/mol. The number of thiophene rings is 1. The summed E-state index contributed by atoms with van der Waals surface area (Å²) in [4.78, 5) is 12.3. The second-order valence-corrected chi connectivity index (χ2v) is 5.97. The number of nitrogens with one attached hydrogen (secondary N) is 1. The molecule has 4 nitrogen and oxygen atoms in total. The molecule has 0 aliphatic heterocycles. The van der Waals surface area contributed by atoms with E-state index >= 15 is 0 Å². The summed E-state index contributed by atoms with van der Waals surface area (Å²) in [5.74, 6) is 0.684. The smallest absolute Gasteiger partial charge is 0.174 e. The molecule has 0 aromatic carbocycles. The van der Waals surface area contributed by atoms with Gasteiger partial charge in [-0.05, 0) is 18.4 Å². The first-order chi connectivity index (χ1) is 9.04. The number of rotatable bonds is 9. The van der Waals surface area contributed by atoms with Crippen molar-refractivity contribution in [1.82, 2.24) is 0 Å². The molecule has 0 bridgehead atoms. The molecule has 1 rings (SSSR count). The van der Waals surface area contributed by atoms with Crippen molar-refractivity contribution < 1.29 is 9.53 Å². The highest BCUT2D eigenvalue weighted by Gasteiger charge is 2.12. The van der Waals surface area contributed by atoms with Gasteiger partial charge in [0.2, 0.25) is 0 Å². The van der Waals surface area contributed by atoms with E-state index in [1.807, 2.05) is 13.0 Å². The van der Waals surface area contributed by atoms with Gasteiger partial charge >= 0.3 is 0 Å². The molecule has 0 saturated heterocycles. The highest BCUT2D eigenvalue weighted by molar-refractivity contribution is 7.18. The number of anilines is 2. The molecule has 0 spiro atoms. The molecule has 108 valence electrons. The minimum Gasteiger partial charge on any atom is -0.397 e. The zero-order valence-corrected chi connectivity index (χ0v) is 12.8. The Morgan fingerprint density at radius 2 is 2.26 bits per heavy atom. The van der Waals surface area contributed by atoms with E-state index in [2.05, 4.69) is 19.2 Å². The lowest BCUT2D eigenvalue weighted by atomic mass is 10.2. The number of hydrogen-bond donors (Lipinski definition) is 2. The summed E-state index contributed by atoms with van der Waals surface area (Å²) >= 11 is 1.43. The van der Waals surface area contributed by atoms with E-state index in [1.165, 1.54) is 11.3 Å². The van der Waals surface area contributed by atoms with Crippen molar-refractivity contribution in [2.45, 2.75) is 33.6 Å². The lowest BCUT2D eigenvalue weighted by molar-refractivity contribution is 0.0993. The van der Waals surface area contributed by atoms with E-state index < -0.39 is 0 Å². The van der Waals surface area contributed by atoms with Crippen LogP contribution in [0.1, 0.15) is 43.3 Å². The monoisotopic (exact) mass is 284 g/mol. The number of Topliss-reactive ketones (excluding diaryl/α,β-unsaturated/α-hetero) is 1. The first-order valence-electron chi connectivity index (χ1n) is 6.78. The molecule has 19 heavy (non-hydrogen) atoms. The quantitative estimate of drug-likeness (QED) is 0.539. The average molecular weight is 284 g/mol. The predicted octanol–water partition coefficient (Wildman–Crippen LogP) is 3.40. The maximum atomic E-state index is 11.6. The summed E-state index contributed by atoms with van der Waals surface area (Å²) in [6.45, 7) is 8.52. The Bertz CT molecular complexity index is 402. The van der Waals surface area contributed by atoms with Crippen LogP contribution in [0.3, 0.4) is 0 Å². The van der Waals surface area contributed by atoms with Crippen LogP contribution in [0.2, 0.25) is 0 Å². The first kappa shape index (κ1) is 16.0. The van der Waals surface area contributed by atoms with Crippen LogP contribution in [0.5, 0.6) is 0 Å². The minimum atomic E-state index is 0.107. The van der Waals surface area contributed by atoms with Gasteiger partial charge in [-0.15, -0.1) is 11.3 Å². The third kappa shape index (κ3) is 5.61. The molecule has 1 aromatic rings. The van der Waals surface area contributed by atoms with Crippen molar-refractivity contribution in [3.05, 3.63) is 10.9 Å². The van der Waals surface area contributed by atoms with E-state index in [9.17, 15) is 4.79 Å². The van der Waals surface area contributed by atoms with Crippen molar-refractivity contribution in [2.24, 2.45) is 5.92 Å². The van der Waals surface area contributed by atoms with Gasteiger partial charge in [0, 0.05) is 26.2 Å². The van der Waals surface area contributed by atoms with Gasteiger partial charge in [-0.1, -0.05) is 20.8 Å². The number of nitrogen functional groups attached to an aromatic ring is 1. The highest BCUT2D eigenvalue weighted by atomic mass is 32.1. The molecule has 3 N–H and O–H groups in total. The normalized spacial score (nSPS) is 10.9. The second kappa shape index (κ2) is 8.17. The molecule has 0 radical (unpaired) electrons. The zero-order chi connectivity index (χ0) is 14.3. The molecule has 0 aliphatic rings. The molecule has 1 aromatic heterocycles. The number of carbonyl (C=O) groups excluding carboxylic acids is 1. The number of ether oxygens (including phenoxy) is 1. The molecule has 5 heteroatoms. The summed E-state index contributed by atoms with van der Waals surface area (Å²) in [6, 6.07) is 1.84. The van der Waals surface area contributed by atoms with E-state index in [0.717, 1.165) is 31.2 Å². The summed E-state index contributed by atoms with van der Waals surface area (Å²) in [7, 11) is 0. The first-order valence-corrected chi connectivity index (χ1v) is 7.60. The molecule has 0 atom stereocenters. The Morgan fingerprint density at radius 3 is 2.89 bits per heavy atom. The third-order valence-corrected chi connectivity index (χ3v) is 3.70. The summed E-state index contributed by atoms with van der Waals surface area (Å²) < 4.78 is 5.50. The maximum Gasteiger partial charge on any atom is 0.174 e. The summed E-state index contributed by atoms with van der Waals surface area (Å²) in [5.41, 5.74) is 6.41. The molecule has 0 amide bonds. The standard InChI is InChI=1S/C14H24N2O2S/c1-4-12(17)14-11(15)8-13(19-14)16-6-5-7-18-9-10(2)3/h8,10,16H,4-7,9,15H2,1-3H3. The van der Waals surface area contributed by atoms with Gasteiger partial charge < -0.3 is 15.8 Å². The van der Waals surface area contributed by atoms with Crippen molar-refractivity contribution >= 4 is 27.8 Å². The van der Waals surface area contributed by atoms with Crippen molar-refractivity contribution in [2.75, 3.05) is 30.8 Å². The number of hydrogen-bond acceptors (Lipinski definition) is 5. The Kier molecular flexibility index (Phi) is 6.87. The number of ketones is 1. The average Bonchev–Trinajstić information content (AvgIpc) is 2.73. The van der Waals surface area contributed by atoms with Crippen LogP contribution in [0.25, 0.3) is 0 Å². The van der Waals surface area contributed by atoms with Gasteiger partial charge in [0.1, 0.15) is 0 Å². The molecule has 0 saturated carbocycles. The van der Waals surface area contributed by atoms with Gasteiger partial charge in [0.15, 0.2) is 5.78 Å². The topological polar surface area (TPSA) is 64.3 Å². The van der Waals surface area contributed by atoms with E-state index in [-0.39, 0.29) is 5.78 Å². The van der Waals surface area contributed by atoms with E-state index in [1.54, 1.807) is 0 Å². The lowest BCUT2D eigenvalue weighted by Crippen LogP contribution is -2.07. The molecule has 1 heterocycles. The molecule has 0 fully saturated rings. The van der Waals surface area contributed by atoms with Crippen LogP contribution < -0.4 is 11.1 Å². The van der Waals surface area contributed by atoms with Gasteiger partial charge in [-0.3, -0.25) is 4.79 Å². The maximum absolute atomic E-state index is 11.6. The fraction of sp³-hybridized carbons (Fsp3) is 0.643. The summed E-state index contributed by atoms with van der Waals surface area (Å²) in [6.07, 6.45) is 1.44. The van der Waals surface area contributed by atoms with Gasteiger partial charge in [-0.2, -0.15) is 0 Å². The van der Waals surface area contributed by atoms with Gasteiger partial charge in [0.25, 0.3) is 0 Å². The van der Waals surface area contributed by atoms with Crippen LogP contribution in [-0.4, -0.2) is 25.5 Å². The van der Waals surface area contributed by atoms with Crippen molar-refractivity contribution in [1.29, 1.82) is 0 Å². The molecular weight excluding hydrogens is 260 g/mol. The Balaban J connectivity index is 2.28. The lowest BCUT2D eigenvalue weighted by Gasteiger charge is -2.07. The van der Waals surface area contributed by atoms with E-state index in [0.29, 0.717) is 22.9 Å².